The number of fused-ring (bicyclic) bond motifs is 7. The molecule has 0 saturated carbocycles. The molecule has 0 spiro atoms. The normalized spacial score (nSPS) is 17.8. The van der Waals surface area contributed by atoms with E-state index in [-0.39, 0.29) is 23.9 Å². The van der Waals surface area contributed by atoms with Crippen molar-refractivity contribution >= 4 is 59.3 Å². The number of hydrogen-bond donors (Lipinski definition) is 2. The van der Waals surface area contributed by atoms with Gasteiger partial charge in [-0.05, 0) is 103 Å². The van der Waals surface area contributed by atoms with Crippen LogP contribution in [0.4, 0.5) is 17.1 Å². The molecule has 3 unspecified atom stereocenters. The van der Waals surface area contributed by atoms with Crippen LogP contribution in [-0.2, 0) is 5.41 Å². The number of nitrogens with zero attached hydrogens (tertiary/aromatic N) is 2. The van der Waals surface area contributed by atoms with Gasteiger partial charge in [0.15, 0.2) is 0 Å². The van der Waals surface area contributed by atoms with Crippen molar-refractivity contribution in [2.24, 2.45) is 0 Å². The Morgan fingerprint density at radius 2 is 1.10 bits per heavy atom. The zero-order valence-corrected chi connectivity index (χ0v) is 36.0. The molecule has 0 radical (unpaired) electrons. The van der Waals surface area contributed by atoms with Gasteiger partial charge in [-0.3, -0.25) is 0 Å². The maximum absolute atomic E-state index is 5.57. The van der Waals surface area contributed by atoms with Gasteiger partial charge in [0.1, 0.15) is 0 Å². The second kappa shape index (κ2) is 15.2. The molecule has 1 aromatic heterocycles. The molecule has 0 bridgehead atoms. The predicted octanol–water partition coefficient (Wildman–Crippen LogP) is 15.6. The number of rotatable bonds is 7. The van der Waals surface area contributed by atoms with Crippen LogP contribution in [0.1, 0.15) is 60.2 Å². The van der Waals surface area contributed by atoms with Crippen molar-refractivity contribution in [1.82, 2.24) is 10.6 Å². The van der Waals surface area contributed by atoms with E-state index in [0.717, 1.165) is 17.1 Å². The van der Waals surface area contributed by atoms with Crippen molar-refractivity contribution in [2.45, 2.75) is 37.8 Å². The fraction of sp³-hybridized carbons (Fsp3) is 0.103. The molecule has 1 fully saturated rings. The highest BCUT2D eigenvalue weighted by atomic mass is 32.1. The van der Waals surface area contributed by atoms with Crippen LogP contribution in [0.2, 0.25) is 0 Å². The molecule has 1 aliphatic carbocycles. The van der Waals surface area contributed by atoms with Crippen molar-refractivity contribution in [2.75, 3.05) is 4.90 Å². The van der Waals surface area contributed by atoms with E-state index in [2.05, 4.69) is 236 Å². The molecule has 9 aromatic carbocycles. The second-order valence-corrected chi connectivity index (χ2v) is 18.4. The molecule has 12 rings (SSSR count). The summed E-state index contributed by atoms with van der Waals surface area (Å²) in [5.41, 5.74) is 14.6. The van der Waals surface area contributed by atoms with Gasteiger partial charge in [0.25, 0.3) is 0 Å². The lowest BCUT2D eigenvalue weighted by Crippen LogP contribution is -2.44. The Morgan fingerprint density at radius 1 is 0.476 bits per heavy atom. The van der Waals surface area contributed by atoms with Gasteiger partial charge in [0.05, 0.1) is 6.17 Å². The van der Waals surface area contributed by atoms with Gasteiger partial charge < -0.3 is 20.9 Å². The first kappa shape index (κ1) is 37.9. The monoisotopic (exact) mass is 829 g/mol. The predicted molar refractivity (Wildman–Crippen MR) is 265 cm³/mol. The molecule has 4 nitrogen and oxygen atoms in total. The van der Waals surface area contributed by atoms with E-state index >= 15 is 0 Å². The van der Waals surface area contributed by atoms with Gasteiger partial charge in [-0.2, -0.15) is 0 Å². The van der Waals surface area contributed by atoms with E-state index < -0.39 is 0 Å². The van der Waals surface area contributed by atoms with Crippen LogP contribution in [0, 0.1) is 0 Å². The average molecular weight is 830 g/mol. The highest BCUT2D eigenvalue weighted by molar-refractivity contribution is 7.25. The second-order valence-electron chi connectivity index (χ2n) is 17.4. The summed E-state index contributed by atoms with van der Waals surface area (Å²) < 4.78 is 2.50. The minimum absolute atomic E-state index is 0.101. The molecule has 5 heteroatoms. The molecular weight excluding hydrogens is 785 g/mol. The van der Waals surface area contributed by atoms with E-state index in [1.807, 2.05) is 11.3 Å². The van der Waals surface area contributed by atoms with E-state index in [0.29, 0.717) is 0 Å². The fourth-order valence-electron chi connectivity index (χ4n) is 10.2. The first-order valence-corrected chi connectivity index (χ1v) is 22.7. The van der Waals surface area contributed by atoms with E-state index in [4.69, 9.17) is 5.32 Å². The smallest absolute Gasteiger partial charge is 0.0814 e. The van der Waals surface area contributed by atoms with Gasteiger partial charge in [0, 0.05) is 42.6 Å². The average Bonchev–Trinajstić information content (AvgIpc) is 3.83. The zero-order valence-electron chi connectivity index (χ0n) is 35.2. The van der Waals surface area contributed by atoms with E-state index in [1.54, 1.807) is 0 Å². The van der Waals surface area contributed by atoms with Gasteiger partial charge in [-0.1, -0.05) is 190 Å². The first-order valence-electron chi connectivity index (χ1n) is 21.9. The summed E-state index contributed by atoms with van der Waals surface area (Å²) in [4.78, 5) is 2.43. The number of anilines is 3. The SMILES string of the molecule is CC1(C)c2ccccc2-c2ccc(N(c3ccc(-c4ccccc4)cc3)c3ccc4c(c3)sc3cccc(C5[N-]C(c6cccc7ccccc67)NC(c6ccccc6)N5)c34)cc21. The Balaban J connectivity index is 0.973. The summed E-state index contributed by atoms with van der Waals surface area (Å²) in [7, 11) is 0. The highest BCUT2D eigenvalue weighted by Crippen LogP contribution is 2.51. The van der Waals surface area contributed by atoms with Crippen LogP contribution < -0.4 is 15.5 Å². The summed E-state index contributed by atoms with van der Waals surface area (Å²) in [6.07, 6.45) is -0.567. The standard InChI is InChI=1S/C58H45N4S/c1-58(2)50-25-12-11-22-45(50)46-33-31-42(35-51(46)58)62(41-29-27-38(28-30-41)37-15-5-3-6-16-37)43-32-34-48-53(36-43)63-52-26-14-24-49(54(48)52)57-60-55(40-18-7-4-8-19-40)59-56(61-57)47-23-13-20-39-17-9-10-21-44(39)47/h3-36,55-57,59-60H,1-2H3/q-1. The molecule has 2 aliphatic rings. The summed E-state index contributed by atoms with van der Waals surface area (Å²) in [6, 6.07) is 75.2. The summed E-state index contributed by atoms with van der Waals surface area (Å²) in [5, 5.41) is 18.3. The number of hydrogen-bond acceptors (Lipinski definition) is 4. The largest absolute Gasteiger partial charge is 0.624 e. The Kier molecular flexibility index (Phi) is 9.13. The fourth-order valence-corrected chi connectivity index (χ4v) is 11.4. The van der Waals surface area contributed by atoms with Gasteiger partial charge in [0.2, 0.25) is 0 Å². The third-order valence-electron chi connectivity index (χ3n) is 13.3. The number of thiophene rings is 1. The van der Waals surface area contributed by atoms with Crippen molar-refractivity contribution in [3.63, 3.8) is 0 Å². The molecular formula is C58H45N4S-. The highest BCUT2D eigenvalue weighted by Gasteiger charge is 2.36. The molecule has 2 heterocycles. The maximum Gasteiger partial charge on any atom is 0.0814 e. The third-order valence-corrected chi connectivity index (χ3v) is 14.4. The van der Waals surface area contributed by atoms with Crippen LogP contribution in [0.25, 0.3) is 58.5 Å². The maximum atomic E-state index is 5.57. The molecule has 304 valence electrons. The van der Waals surface area contributed by atoms with E-state index in [1.165, 1.54) is 81.0 Å². The minimum atomic E-state index is -0.250. The third kappa shape index (κ3) is 6.47. The van der Waals surface area contributed by atoms with Crippen molar-refractivity contribution in [1.29, 1.82) is 0 Å². The van der Waals surface area contributed by atoms with Crippen LogP contribution in [-0.4, -0.2) is 0 Å². The molecule has 10 aromatic rings. The molecule has 0 amide bonds. The molecule has 3 atom stereocenters. The lowest BCUT2D eigenvalue weighted by atomic mass is 9.82. The lowest BCUT2D eigenvalue weighted by Gasteiger charge is -2.50. The quantitative estimate of drug-likeness (QED) is 0.168. The van der Waals surface area contributed by atoms with Crippen LogP contribution in [0.3, 0.4) is 0 Å². The van der Waals surface area contributed by atoms with Crippen molar-refractivity contribution in [3.8, 4) is 22.3 Å². The van der Waals surface area contributed by atoms with Gasteiger partial charge >= 0.3 is 0 Å². The Hall–Kier alpha value is -6.86. The Labute approximate surface area is 372 Å². The topological polar surface area (TPSA) is 41.4 Å². The van der Waals surface area contributed by atoms with Gasteiger partial charge in [-0.25, -0.2) is 0 Å². The molecule has 1 saturated heterocycles. The molecule has 63 heavy (non-hydrogen) atoms. The first-order chi connectivity index (χ1) is 31.0. The Bertz CT molecular complexity index is 3310. The summed E-state index contributed by atoms with van der Waals surface area (Å²) in [6.45, 7) is 4.72. The van der Waals surface area contributed by atoms with Crippen molar-refractivity contribution in [3.05, 3.63) is 239 Å². The van der Waals surface area contributed by atoms with Crippen LogP contribution >= 0.6 is 11.3 Å². The number of nitrogens with one attached hydrogen (secondary N) is 2. The lowest BCUT2D eigenvalue weighted by molar-refractivity contribution is 0.318. The van der Waals surface area contributed by atoms with E-state index in [9.17, 15) is 0 Å². The zero-order chi connectivity index (χ0) is 42.1. The van der Waals surface area contributed by atoms with Crippen LogP contribution in [0.5, 0.6) is 0 Å². The van der Waals surface area contributed by atoms with Crippen LogP contribution in [0.15, 0.2) is 206 Å². The number of benzene rings is 9. The molecule has 2 N–H and O–H groups in total. The van der Waals surface area contributed by atoms with Crippen molar-refractivity contribution < 1.29 is 0 Å². The summed E-state index contributed by atoms with van der Waals surface area (Å²) in [5.74, 6) is 0. The minimum Gasteiger partial charge on any atom is -0.624 e. The Morgan fingerprint density at radius 3 is 1.94 bits per heavy atom. The van der Waals surface area contributed by atoms with Gasteiger partial charge in [-0.15, -0.1) is 11.3 Å². The summed E-state index contributed by atoms with van der Waals surface area (Å²) >= 11 is 1.86. The molecule has 1 aliphatic heterocycles.